The van der Waals surface area contributed by atoms with Crippen LogP contribution in [-0.2, 0) is 16.0 Å². The Morgan fingerprint density at radius 1 is 1.27 bits per heavy atom. The zero-order chi connectivity index (χ0) is 20.9. The van der Waals surface area contributed by atoms with Gasteiger partial charge in [-0.15, -0.1) is 0 Å². The topological polar surface area (TPSA) is 60.9 Å². The number of hydrogen-bond acceptors (Lipinski definition) is 6. The molecule has 0 N–H and O–H groups in total. The molecule has 1 aliphatic heterocycles. The van der Waals surface area contributed by atoms with Crippen molar-refractivity contribution in [2.45, 2.75) is 32.3 Å². The lowest BCUT2D eigenvalue weighted by atomic mass is 10.1. The third-order valence-electron chi connectivity index (χ3n) is 5.13. The van der Waals surface area contributed by atoms with Gasteiger partial charge in [0.15, 0.2) is 5.13 Å². The lowest BCUT2D eigenvalue weighted by Gasteiger charge is -2.23. The fourth-order valence-corrected chi connectivity index (χ4v) is 4.60. The molecule has 0 bridgehead atoms. The summed E-state index contributed by atoms with van der Waals surface area (Å²) in [6.45, 7) is 3.79. The maximum Gasteiger partial charge on any atom is 0.233 e. The largest absolute Gasteiger partial charge is 0.497 e. The van der Waals surface area contributed by atoms with E-state index >= 15 is 0 Å². The number of aromatic nitrogens is 1. The lowest BCUT2D eigenvalue weighted by molar-refractivity contribution is -0.118. The van der Waals surface area contributed by atoms with E-state index in [0.717, 1.165) is 46.7 Å². The van der Waals surface area contributed by atoms with Crippen LogP contribution in [0.1, 0.15) is 25.3 Å². The molecule has 4 rings (SSSR count). The fourth-order valence-electron chi connectivity index (χ4n) is 3.59. The van der Waals surface area contributed by atoms with Gasteiger partial charge in [0.25, 0.3) is 0 Å². The molecule has 2 aromatic carbocycles. The van der Waals surface area contributed by atoms with E-state index in [0.29, 0.717) is 24.7 Å². The zero-order valence-electron chi connectivity index (χ0n) is 17.3. The first kappa shape index (κ1) is 20.6. The Balaban J connectivity index is 1.62. The lowest BCUT2D eigenvalue weighted by Crippen LogP contribution is -2.38. The van der Waals surface area contributed by atoms with E-state index in [1.807, 2.05) is 49.4 Å². The number of methoxy groups -OCH3 is 1. The summed E-state index contributed by atoms with van der Waals surface area (Å²) in [6.07, 6.45) is 2.33. The normalized spacial score (nSPS) is 16.0. The molecule has 30 heavy (non-hydrogen) atoms. The average molecular weight is 427 g/mol. The number of anilines is 1. The first-order valence-electron chi connectivity index (χ1n) is 10.2. The number of hydrogen-bond donors (Lipinski definition) is 0. The van der Waals surface area contributed by atoms with E-state index in [2.05, 4.69) is 0 Å². The molecule has 1 fully saturated rings. The number of ether oxygens (including phenoxy) is 3. The van der Waals surface area contributed by atoms with Crippen LogP contribution >= 0.6 is 11.3 Å². The van der Waals surface area contributed by atoms with E-state index in [4.69, 9.17) is 19.2 Å². The van der Waals surface area contributed by atoms with Gasteiger partial charge in [-0.25, -0.2) is 4.98 Å². The Morgan fingerprint density at radius 2 is 2.10 bits per heavy atom. The van der Waals surface area contributed by atoms with Gasteiger partial charge in [0, 0.05) is 6.61 Å². The number of benzene rings is 2. The number of thiazole rings is 1. The standard InChI is InChI=1S/C23H26N2O4S/c1-3-28-19-7-4-8-20-22(19)24-23(30-20)25(15-18-6-5-13-29-18)21(26)14-16-9-11-17(27-2)12-10-16/h4,7-12,18H,3,5-6,13-15H2,1-2H3. The molecule has 1 unspecified atom stereocenters. The van der Waals surface area contributed by atoms with Crippen LogP contribution in [0.4, 0.5) is 5.13 Å². The van der Waals surface area contributed by atoms with Gasteiger partial charge in [-0.3, -0.25) is 9.69 Å². The Morgan fingerprint density at radius 3 is 2.80 bits per heavy atom. The second kappa shape index (κ2) is 9.45. The Bertz CT molecular complexity index is 996. The predicted molar refractivity (Wildman–Crippen MR) is 119 cm³/mol. The summed E-state index contributed by atoms with van der Waals surface area (Å²) < 4.78 is 17.8. The van der Waals surface area contributed by atoms with Gasteiger partial charge in [0.2, 0.25) is 5.91 Å². The van der Waals surface area contributed by atoms with Gasteiger partial charge in [0.1, 0.15) is 17.0 Å². The molecule has 1 saturated heterocycles. The summed E-state index contributed by atoms with van der Waals surface area (Å²) in [6, 6.07) is 13.5. The van der Waals surface area contributed by atoms with Crippen LogP contribution < -0.4 is 14.4 Å². The summed E-state index contributed by atoms with van der Waals surface area (Å²) in [5, 5.41) is 0.686. The summed E-state index contributed by atoms with van der Waals surface area (Å²) >= 11 is 1.51. The summed E-state index contributed by atoms with van der Waals surface area (Å²) in [7, 11) is 1.63. The highest BCUT2D eigenvalue weighted by atomic mass is 32.1. The predicted octanol–water partition coefficient (Wildman–Crippen LogP) is 4.46. The number of carbonyl (C=O) groups is 1. The van der Waals surface area contributed by atoms with Crippen molar-refractivity contribution < 1.29 is 19.0 Å². The summed E-state index contributed by atoms with van der Waals surface area (Å²) in [4.78, 5) is 19.9. The van der Waals surface area contributed by atoms with Gasteiger partial charge < -0.3 is 14.2 Å². The Kier molecular flexibility index (Phi) is 6.50. The number of carbonyl (C=O) groups excluding carboxylic acids is 1. The van der Waals surface area contributed by atoms with Crippen molar-refractivity contribution >= 4 is 32.6 Å². The summed E-state index contributed by atoms with van der Waals surface area (Å²) in [5.41, 5.74) is 1.74. The number of fused-ring (bicyclic) bond motifs is 1. The Labute approximate surface area is 180 Å². The van der Waals surface area contributed by atoms with Crippen molar-refractivity contribution in [3.05, 3.63) is 48.0 Å². The molecule has 1 atom stereocenters. The van der Waals surface area contributed by atoms with Crippen LogP contribution in [-0.4, -0.2) is 43.9 Å². The van der Waals surface area contributed by atoms with Gasteiger partial charge in [-0.2, -0.15) is 0 Å². The average Bonchev–Trinajstić information content (AvgIpc) is 3.43. The maximum atomic E-state index is 13.3. The van der Waals surface area contributed by atoms with Crippen molar-refractivity contribution in [2.75, 3.05) is 31.8 Å². The van der Waals surface area contributed by atoms with E-state index in [-0.39, 0.29) is 12.0 Å². The van der Waals surface area contributed by atoms with E-state index < -0.39 is 0 Å². The minimum absolute atomic E-state index is 0.00711. The minimum Gasteiger partial charge on any atom is -0.497 e. The van der Waals surface area contributed by atoms with Crippen LogP contribution in [0.25, 0.3) is 10.2 Å². The first-order valence-corrected chi connectivity index (χ1v) is 11.1. The van der Waals surface area contributed by atoms with Gasteiger partial charge in [-0.05, 0) is 49.6 Å². The highest BCUT2D eigenvalue weighted by Crippen LogP contribution is 2.35. The van der Waals surface area contributed by atoms with Crippen LogP contribution in [0, 0.1) is 0 Å². The third-order valence-corrected chi connectivity index (χ3v) is 6.17. The smallest absolute Gasteiger partial charge is 0.233 e. The maximum absolute atomic E-state index is 13.3. The van der Waals surface area contributed by atoms with Crippen LogP contribution in [0.3, 0.4) is 0 Å². The van der Waals surface area contributed by atoms with Crippen molar-refractivity contribution in [1.82, 2.24) is 4.98 Å². The van der Waals surface area contributed by atoms with Crippen molar-refractivity contribution in [2.24, 2.45) is 0 Å². The molecule has 1 aromatic heterocycles. The minimum atomic E-state index is 0.00711. The van der Waals surface area contributed by atoms with Gasteiger partial charge in [-0.1, -0.05) is 29.5 Å². The molecule has 0 spiro atoms. The molecule has 1 amide bonds. The van der Waals surface area contributed by atoms with Crippen molar-refractivity contribution in [3.8, 4) is 11.5 Å². The molecular formula is C23H26N2O4S. The molecule has 0 aliphatic carbocycles. The number of para-hydroxylation sites is 1. The Hall–Kier alpha value is -2.64. The van der Waals surface area contributed by atoms with Crippen molar-refractivity contribution in [1.29, 1.82) is 0 Å². The van der Waals surface area contributed by atoms with Crippen LogP contribution in [0.5, 0.6) is 11.5 Å². The second-order valence-corrected chi connectivity index (χ2v) is 8.21. The number of rotatable bonds is 8. The molecule has 2 heterocycles. The fraction of sp³-hybridized carbons (Fsp3) is 0.391. The molecule has 6 nitrogen and oxygen atoms in total. The van der Waals surface area contributed by atoms with E-state index in [1.165, 1.54) is 11.3 Å². The monoisotopic (exact) mass is 426 g/mol. The molecule has 3 aromatic rings. The SMILES string of the molecule is CCOc1cccc2sc(N(CC3CCCO3)C(=O)Cc3ccc(OC)cc3)nc12. The molecule has 0 radical (unpaired) electrons. The van der Waals surface area contributed by atoms with Crippen LogP contribution in [0.15, 0.2) is 42.5 Å². The van der Waals surface area contributed by atoms with E-state index in [1.54, 1.807) is 12.0 Å². The molecule has 158 valence electrons. The zero-order valence-corrected chi connectivity index (χ0v) is 18.1. The first-order chi connectivity index (χ1) is 14.7. The van der Waals surface area contributed by atoms with Crippen LogP contribution in [0.2, 0.25) is 0 Å². The molecule has 7 heteroatoms. The van der Waals surface area contributed by atoms with Crippen molar-refractivity contribution in [3.63, 3.8) is 0 Å². The third kappa shape index (κ3) is 4.57. The number of amides is 1. The summed E-state index contributed by atoms with van der Waals surface area (Å²) in [5.74, 6) is 1.53. The highest BCUT2D eigenvalue weighted by molar-refractivity contribution is 7.22. The van der Waals surface area contributed by atoms with Gasteiger partial charge >= 0.3 is 0 Å². The van der Waals surface area contributed by atoms with E-state index in [9.17, 15) is 4.79 Å². The van der Waals surface area contributed by atoms with Gasteiger partial charge in [0.05, 0.1) is 37.5 Å². The number of nitrogens with zero attached hydrogens (tertiary/aromatic N) is 2. The molecule has 0 saturated carbocycles. The molecule has 1 aliphatic rings. The highest BCUT2D eigenvalue weighted by Gasteiger charge is 2.26. The quantitative estimate of drug-likeness (QED) is 0.532. The second-order valence-electron chi connectivity index (χ2n) is 7.20. The molecular weight excluding hydrogens is 400 g/mol.